The molecule has 1 N–H and O–H groups in total. The van der Waals surface area contributed by atoms with E-state index in [0.29, 0.717) is 6.54 Å². The average molecular weight is 351 g/mol. The van der Waals surface area contributed by atoms with Gasteiger partial charge >= 0.3 is 0 Å². The molecule has 2 aromatic rings. The van der Waals surface area contributed by atoms with E-state index in [1.54, 1.807) is 0 Å². The molecule has 0 atom stereocenters. The fourth-order valence-corrected chi connectivity index (χ4v) is 3.80. The van der Waals surface area contributed by atoms with Gasteiger partial charge in [-0.1, -0.05) is 30.3 Å². The van der Waals surface area contributed by atoms with E-state index in [1.807, 2.05) is 24.3 Å². The molecule has 26 heavy (non-hydrogen) atoms. The van der Waals surface area contributed by atoms with Crippen LogP contribution in [0.5, 0.6) is 0 Å². The summed E-state index contributed by atoms with van der Waals surface area (Å²) in [5.74, 6) is 0.0300. The topological polar surface area (TPSA) is 44.8 Å². The first-order valence-corrected chi connectivity index (χ1v) is 9.36. The monoisotopic (exact) mass is 351 g/mol. The predicted molar refractivity (Wildman–Crippen MR) is 105 cm³/mol. The van der Waals surface area contributed by atoms with E-state index < -0.39 is 0 Å². The third-order valence-electron chi connectivity index (χ3n) is 5.07. The molecule has 0 bridgehead atoms. The molecule has 4 rings (SSSR count). The van der Waals surface area contributed by atoms with Crippen molar-refractivity contribution in [1.82, 2.24) is 0 Å². The number of ether oxygens (including phenoxy) is 1. The Labute approximate surface area is 154 Å². The van der Waals surface area contributed by atoms with Crippen molar-refractivity contribution < 1.29 is 9.53 Å². The molecule has 136 valence electrons. The van der Waals surface area contributed by atoms with Crippen molar-refractivity contribution in [1.29, 1.82) is 0 Å². The highest BCUT2D eigenvalue weighted by Crippen LogP contribution is 2.28. The lowest BCUT2D eigenvalue weighted by Crippen LogP contribution is -2.38. The van der Waals surface area contributed by atoms with Gasteiger partial charge in [0.15, 0.2) is 0 Å². The van der Waals surface area contributed by atoms with Crippen LogP contribution in [-0.4, -0.2) is 45.3 Å². The van der Waals surface area contributed by atoms with Crippen LogP contribution in [0.4, 0.5) is 17.1 Å². The number of nitrogens with one attached hydrogen (secondary N) is 1. The highest BCUT2D eigenvalue weighted by molar-refractivity contribution is 5.97. The summed E-state index contributed by atoms with van der Waals surface area (Å²) in [6, 6.07) is 16.4. The summed E-state index contributed by atoms with van der Waals surface area (Å²) in [5.41, 5.74) is 4.48. The van der Waals surface area contributed by atoms with Crippen molar-refractivity contribution in [2.45, 2.75) is 12.8 Å². The first-order chi connectivity index (χ1) is 12.8. The van der Waals surface area contributed by atoms with Crippen molar-refractivity contribution in [3.63, 3.8) is 0 Å². The summed E-state index contributed by atoms with van der Waals surface area (Å²) < 4.78 is 5.44. The number of anilines is 3. The SMILES string of the molecule is O=C(CN1CCCc2ccccc21)Nc1ccccc1N1CCOCC1. The maximum Gasteiger partial charge on any atom is 0.243 e. The summed E-state index contributed by atoms with van der Waals surface area (Å²) in [6.07, 6.45) is 2.18. The maximum atomic E-state index is 12.7. The number of nitrogens with zero attached hydrogens (tertiary/aromatic N) is 2. The van der Waals surface area contributed by atoms with Crippen LogP contribution in [0.1, 0.15) is 12.0 Å². The largest absolute Gasteiger partial charge is 0.378 e. The van der Waals surface area contributed by atoms with Crippen LogP contribution in [-0.2, 0) is 16.0 Å². The number of amides is 1. The van der Waals surface area contributed by atoms with E-state index in [9.17, 15) is 4.79 Å². The molecule has 5 heteroatoms. The van der Waals surface area contributed by atoms with Gasteiger partial charge in [-0.05, 0) is 36.6 Å². The number of rotatable bonds is 4. The molecule has 2 aliphatic rings. The van der Waals surface area contributed by atoms with E-state index in [1.165, 1.54) is 11.3 Å². The standard InChI is InChI=1S/C21H25N3O2/c25-21(16-24-11-5-7-17-6-1-3-9-19(17)24)22-18-8-2-4-10-20(18)23-12-14-26-15-13-23/h1-4,6,8-10H,5,7,11-16H2,(H,22,25). The first-order valence-electron chi connectivity index (χ1n) is 9.36. The molecule has 0 unspecified atom stereocenters. The Morgan fingerprint density at radius 2 is 1.69 bits per heavy atom. The zero-order valence-corrected chi connectivity index (χ0v) is 15.0. The van der Waals surface area contributed by atoms with E-state index in [2.05, 4.69) is 39.4 Å². The van der Waals surface area contributed by atoms with Crippen molar-refractivity contribution in [2.75, 3.05) is 54.5 Å². The molecule has 0 aromatic heterocycles. The second-order valence-corrected chi connectivity index (χ2v) is 6.82. The van der Waals surface area contributed by atoms with E-state index in [-0.39, 0.29) is 5.91 Å². The number of para-hydroxylation sites is 3. The third-order valence-corrected chi connectivity index (χ3v) is 5.07. The third kappa shape index (κ3) is 3.68. The number of fused-ring (bicyclic) bond motifs is 1. The summed E-state index contributed by atoms with van der Waals surface area (Å²) in [5, 5.41) is 3.12. The highest BCUT2D eigenvalue weighted by atomic mass is 16.5. The van der Waals surface area contributed by atoms with Gasteiger partial charge in [-0.25, -0.2) is 0 Å². The van der Waals surface area contributed by atoms with Crippen LogP contribution in [0.25, 0.3) is 0 Å². The van der Waals surface area contributed by atoms with Crippen LogP contribution in [0.2, 0.25) is 0 Å². The number of carbonyl (C=O) groups is 1. The average Bonchev–Trinajstić information content (AvgIpc) is 2.69. The minimum Gasteiger partial charge on any atom is -0.378 e. The van der Waals surface area contributed by atoms with Gasteiger partial charge in [0.1, 0.15) is 0 Å². The quantitative estimate of drug-likeness (QED) is 0.920. The second kappa shape index (κ2) is 7.79. The molecule has 2 heterocycles. The van der Waals surface area contributed by atoms with E-state index in [0.717, 1.165) is 57.1 Å². The molecule has 0 radical (unpaired) electrons. The van der Waals surface area contributed by atoms with Gasteiger partial charge in [0.2, 0.25) is 5.91 Å². The Kier molecular flexibility index (Phi) is 5.07. The highest BCUT2D eigenvalue weighted by Gasteiger charge is 2.20. The van der Waals surface area contributed by atoms with E-state index >= 15 is 0 Å². The lowest BCUT2D eigenvalue weighted by atomic mass is 10.0. The normalized spacial score (nSPS) is 16.9. The summed E-state index contributed by atoms with van der Waals surface area (Å²) >= 11 is 0. The van der Waals surface area contributed by atoms with Gasteiger partial charge in [0.25, 0.3) is 0 Å². The van der Waals surface area contributed by atoms with Crippen LogP contribution in [0.15, 0.2) is 48.5 Å². The van der Waals surface area contributed by atoms with Crippen molar-refractivity contribution in [2.24, 2.45) is 0 Å². The van der Waals surface area contributed by atoms with Crippen molar-refractivity contribution in [3.8, 4) is 0 Å². The molecular formula is C21H25N3O2. The predicted octanol–water partition coefficient (Wildman–Crippen LogP) is 2.91. The summed E-state index contributed by atoms with van der Waals surface area (Å²) in [7, 11) is 0. The number of hydrogen-bond acceptors (Lipinski definition) is 4. The Morgan fingerprint density at radius 3 is 2.54 bits per heavy atom. The lowest BCUT2D eigenvalue weighted by Gasteiger charge is -2.32. The van der Waals surface area contributed by atoms with Crippen LogP contribution < -0.4 is 15.1 Å². The van der Waals surface area contributed by atoms with Gasteiger partial charge in [0, 0.05) is 25.3 Å². The molecule has 0 saturated carbocycles. The zero-order valence-electron chi connectivity index (χ0n) is 15.0. The number of benzene rings is 2. The second-order valence-electron chi connectivity index (χ2n) is 6.82. The Hall–Kier alpha value is -2.53. The fraction of sp³-hybridized carbons (Fsp3) is 0.381. The van der Waals surface area contributed by atoms with Gasteiger partial charge < -0.3 is 19.9 Å². The van der Waals surface area contributed by atoms with Gasteiger partial charge in [-0.3, -0.25) is 4.79 Å². The molecule has 1 amide bonds. The maximum absolute atomic E-state index is 12.7. The number of aryl methyl sites for hydroxylation is 1. The first kappa shape index (κ1) is 16.9. The molecule has 1 saturated heterocycles. The van der Waals surface area contributed by atoms with Crippen LogP contribution in [0.3, 0.4) is 0 Å². The van der Waals surface area contributed by atoms with E-state index in [4.69, 9.17) is 4.74 Å². The minimum absolute atomic E-state index is 0.0300. The molecule has 2 aromatic carbocycles. The molecule has 2 aliphatic heterocycles. The van der Waals surface area contributed by atoms with Crippen LogP contribution in [0, 0.1) is 0 Å². The smallest absolute Gasteiger partial charge is 0.243 e. The molecule has 0 aliphatic carbocycles. The van der Waals surface area contributed by atoms with Gasteiger partial charge in [0.05, 0.1) is 31.1 Å². The number of morpholine rings is 1. The fourth-order valence-electron chi connectivity index (χ4n) is 3.80. The van der Waals surface area contributed by atoms with Gasteiger partial charge in [-0.15, -0.1) is 0 Å². The van der Waals surface area contributed by atoms with Crippen LogP contribution >= 0.6 is 0 Å². The Bertz CT molecular complexity index is 771. The molecule has 1 fully saturated rings. The minimum atomic E-state index is 0.0300. The Balaban J connectivity index is 1.46. The van der Waals surface area contributed by atoms with Gasteiger partial charge in [-0.2, -0.15) is 0 Å². The van der Waals surface area contributed by atoms with Crippen molar-refractivity contribution >= 4 is 23.0 Å². The number of hydrogen-bond donors (Lipinski definition) is 1. The summed E-state index contributed by atoms with van der Waals surface area (Å²) in [4.78, 5) is 17.2. The van der Waals surface area contributed by atoms with Crippen molar-refractivity contribution in [3.05, 3.63) is 54.1 Å². The molecular weight excluding hydrogens is 326 g/mol. The Morgan fingerprint density at radius 1 is 0.962 bits per heavy atom. The molecule has 0 spiro atoms. The summed E-state index contributed by atoms with van der Waals surface area (Å²) in [6.45, 7) is 4.47. The zero-order chi connectivity index (χ0) is 17.8. The molecule has 5 nitrogen and oxygen atoms in total. The number of carbonyl (C=O) groups excluding carboxylic acids is 1. The lowest BCUT2D eigenvalue weighted by molar-refractivity contribution is -0.115.